The highest BCUT2D eigenvalue weighted by atomic mass is 32.2. The zero-order valence-corrected chi connectivity index (χ0v) is 24.6. The van der Waals surface area contributed by atoms with Crippen LogP contribution in [0.3, 0.4) is 0 Å². The second-order valence-corrected chi connectivity index (χ2v) is 12.7. The molecule has 2 saturated heterocycles. The summed E-state index contributed by atoms with van der Waals surface area (Å²) < 4.78 is 34.1. The first-order valence-electron chi connectivity index (χ1n) is 14.0. The molecule has 10 heteroatoms. The fraction of sp³-hybridized carbons (Fsp3) is 0.387. The predicted molar refractivity (Wildman–Crippen MR) is 158 cm³/mol. The Morgan fingerprint density at radius 2 is 1.51 bits per heavy atom. The van der Waals surface area contributed by atoms with Crippen LogP contribution in [0.2, 0.25) is 0 Å². The third-order valence-corrected chi connectivity index (χ3v) is 10.0. The Morgan fingerprint density at radius 3 is 2.12 bits per heavy atom. The second-order valence-electron chi connectivity index (χ2n) is 10.8. The molecule has 216 valence electrons. The Kier molecular flexibility index (Phi) is 8.42. The normalized spacial score (nSPS) is 17.3. The Labute approximate surface area is 241 Å². The van der Waals surface area contributed by atoms with Gasteiger partial charge in [-0.05, 0) is 69.5 Å². The van der Waals surface area contributed by atoms with Crippen LogP contribution in [0.5, 0.6) is 0 Å². The van der Waals surface area contributed by atoms with Crippen molar-refractivity contribution in [3.05, 3.63) is 76.7 Å². The minimum Gasteiger partial charge on any atom is -0.368 e. The van der Waals surface area contributed by atoms with Crippen molar-refractivity contribution in [2.45, 2.75) is 38.5 Å². The van der Waals surface area contributed by atoms with E-state index in [2.05, 4.69) is 10.1 Å². The fourth-order valence-electron chi connectivity index (χ4n) is 5.47. The maximum Gasteiger partial charge on any atom is 0.248 e. The molecule has 0 aliphatic carbocycles. The number of amides is 1. The number of aromatic nitrogens is 1. The first-order valence-corrected chi connectivity index (χ1v) is 15.4. The molecule has 9 nitrogen and oxygen atoms in total. The first kappa shape index (κ1) is 28.8. The van der Waals surface area contributed by atoms with Gasteiger partial charge in [-0.15, -0.1) is 0 Å². The Hall–Kier alpha value is -3.76. The highest BCUT2D eigenvalue weighted by Gasteiger charge is 2.37. The summed E-state index contributed by atoms with van der Waals surface area (Å²) in [5, 5.41) is 3.94. The van der Waals surface area contributed by atoms with Crippen molar-refractivity contribution in [2.75, 3.05) is 44.2 Å². The third kappa shape index (κ3) is 6.28. The lowest BCUT2D eigenvalue weighted by atomic mass is 9.96. The molecule has 3 heterocycles. The van der Waals surface area contributed by atoms with E-state index in [0.717, 1.165) is 16.8 Å². The van der Waals surface area contributed by atoms with Crippen LogP contribution in [0.25, 0.3) is 12.2 Å². The van der Waals surface area contributed by atoms with Crippen LogP contribution >= 0.6 is 0 Å². The average molecular weight is 577 g/mol. The molecule has 0 N–H and O–H groups in total. The van der Waals surface area contributed by atoms with E-state index in [1.165, 1.54) is 4.31 Å². The van der Waals surface area contributed by atoms with Crippen molar-refractivity contribution in [3.63, 3.8) is 0 Å². The third-order valence-electron chi connectivity index (χ3n) is 7.97. The van der Waals surface area contributed by atoms with Crippen LogP contribution < -0.4 is 4.90 Å². The van der Waals surface area contributed by atoms with Gasteiger partial charge in [0.25, 0.3) is 0 Å². The number of nitrogens with zero attached hydrogens (tertiary/aromatic N) is 4. The molecule has 0 saturated carbocycles. The topological polar surface area (TPSA) is 104 Å². The van der Waals surface area contributed by atoms with Crippen molar-refractivity contribution >= 4 is 39.6 Å². The number of hydrogen-bond acceptors (Lipinski definition) is 7. The smallest absolute Gasteiger partial charge is 0.248 e. The summed E-state index contributed by atoms with van der Waals surface area (Å²) >= 11 is 0. The number of carbonyl (C=O) groups excluding carboxylic acids is 2. The molecule has 2 aliphatic heterocycles. The minimum atomic E-state index is -3.84. The molecule has 3 aromatic rings. The van der Waals surface area contributed by atoms with Gasteiger partial charge >= 0.3 is 0 Å². The lowest BCUT2D eigenvalue weighted by Crippen LogP contribution is -2.52. The number of hydrogen-bond donors (Lipinski definition) is 0. The maximum atomic E-state index is 13.6. The van der Waals surface area contributed by atoms with Gasteiger partial charge in [-0.1, -0.05) is 41.1 Å². The summed E-state index contributed by atoms with van der Waals surface area (Å²) in [6.07, 6.45) is 4.41. The van der Waals surface area contributed by atoms with E-state index in [4.69, 9.17) is 4.52 Å². The van der Waals surface area contributed by atoms with Crippen molar-refractivity contribution < 1.29 is 22.5 Å². The molecule has 2 fully saturated rings. The number of ketones is 1. The van der Waals surface area contributed by atoms with E-state index in [1.807, 2.05) is 66.4 Å². The number of aryl methyl sites for hydroxylation is 2. The van der Waals surface area contributed by atoms with E-state index in [9.17, 15) is 18.0 Å². The Morgan fingerprint density at radius 1 is 0.878 bits per heavy atom. The highest BCUT2D eigenvalue weighted by Crippen LogP contribution is 2.30. The zero-order valence-electron chi connectivity index (χ0n) is 23.7. The quantitative estimate of drug-likeness (QED) is 0.384. The van der Waals surface area contributed by atoms with Crippen LogP contribution in [-0.2, 0) is 14.8 Å². The lowest BCUT2D eigenvalue weighted by Gasteiger charge is -2.39. The highest BCUT2D eigenvalue weighted by molar-refractivity contribution is 7.89. The summed E-state index contributed by atoms with van der Waals surface area (Å²) in [7, 11) is -3.84. The first-order chi connectivity index (χ1) is 19.6. The Bertz CT molecular complexity index is 1530. The number of benzene rings is 2. The van der Waals surface area contributed by atoms with E-state index >= 15 is 0 Å². The number of piperidine rings is 1. The predicted octanol–water partition coefficient (Wildman–Crippen LogP) is 4.41. The molecule has 0 unspecified atom stereocenters. The molecular weight excluding hydrogens is 540 g/mol. The van der Waals surface area contributed by atoms with E-state index in [-0.39, 0.29) is 41.4 Å². The summed E-state index contributed by atoms with van der Waals surface area (Å²) in [6, 6.07) is 15.5. The molecule has 0 atom stereocenters. The van der Waals surface area contributed by atoms with Gasteiger partial charge in [0, 0.05) is 56.4 Å². The van der Waals surface area contributed by atoms with E-state index in [0.29, 0.717) is 50.3 Å². The number of Topliss-reactive ketones (excluding diaryl/α,β-unsaturated/α-hetero) is 1. The van der Waals surface area contributed by atoms with Crippen molar-refractivity contribution in [1.29, 1.82) is 0 Å². The summed E-state index contributed by atoms with van der Waals surface area (Å²) in [5.74, 6) is 0.136. The number of sulfonamides is 1. The largest absolute Gasteiger partial charge is 0.368 e. The van der Waals surface area contributed by atoms with Crippen LogP contribution in [0.1, 0.15) is 52.7 Å². The minimum absolute atomic E-state index is 0.0396. The van der Waals surface area contributed by atoms with Crippen molar-refractivity contribution in [2.24, 2.45) is 5.92 Å². The van der Waals surface area contributed by atoms with Gasteiger partial charge in [0.05, 0.1) is 0 Å². The molecule has 41 heavy (non-hydrogen) atoms. The van der Waals surface area contributed by atoms with Crippen molar-refractivity contribution in [3.8, 4) is 0 Å². The number of piperazine rings is 1. The van der Waals surface area contributed by atoms with Gasteiger partial charge in [-0.25, -0.2) is 8.42 Å². The van der Waals surface area contributed by atoms with Crippen LogP contribution in [0, 0.1) is 19.8 Å². The van der Waals surface area contributed by atoms with Crippen LogP contribution in [0.15, 0.2) is 57.9 Å². The monoisotopic (exact) mass is 576 g/mol. The molecule has 1 amide bonds. The summed E-state index contributed by atoms with van der Waals surface area (Å²) in [6.45, 7) is 8.39. The van der Waals surface area contributed by atoms with Gasteiger partial charge in [-0.3, -0.25) is 9.59 Å². The van der Waals surface area contributed by atoms with Gasteiger partial charge in [0.1, 0.15) is 5.69 Å². The molecular formula is C31H36N4O5S. The summed E-state index contributed by atoms with van der Waals surface area (Å²) in [5.41, 5.74) is 4.12. The van der Waals surface area contributed by atoms with Gasteiger partial charge in [-0.2, -0.15) is 4.31 Å². The zero-order chi connectivity index (χ0) is 29.1. The second kappa shape index (κ2) is 12.0. The fourth-order valence-corrected chi connectivity index (χ4v) is 7.19. The Balaban J connectivity index is 1.18. The van der Waals surface area contributed by atoms with Crippen LogP contribution in [-0.4, -0.2) is 73.7 Å². The maximum absolute atomic E-state index is 13.6. The van der Waals surface area contributed by atoms with Crippen LogP contribution in [0.4, 0.5) is 5.69 Å². The molecule has 2 aromatic carbocycles. The molecule has 0 spiro atoms. The number of anilines is 1. The van der Waals surface area contributed by atoms with E-state index < -0.39 is 10.0 Å². The molecule has 2 aliphatic rings. The average Bonchev–Trinajstić information content (AvgIpc) is 3.37. The van der Waals surface area contributed by atoms with Gasteiger partial charge in [0.2, 0.25) is 15.9 Å². The molecule has 0 radical (unpaired) electrons. The van der Waals surface area contributed by atoms with Gasteiger partial charge < -0.3 is 14.3 Å². The van der Waals surface area contributed by atoms with Gasteiger partial charge in [0.15, 0.2) is 16.4 Å². The van der Waals surface area contributed by atoms with E-state index in [1.54, 1.807) is 19.9 Å². The standard InChI is InChI=1S/C31H36N4O5S/c1-22-4-6-25(7-5-22)8-13-29-30(23(2)32-40-29)41(38,39)35-16-14-27(15-17-35)31(37)34-20-18-33(19-21-34)28-11-9-26(10-12-28)24(3)36/h4-13,27H,14-21H2,1-3H3/b13-8+. The SMILES string of the molecule is CC(=O)c1ccc(N2CCN(C(=O)C3CCN(S(=O)(=O)c4c(C)noc4/C=C/c4ccc(C)cc4)CC3)CC2)cc1. The molecule has 0 bridgehead atoms. The number of rotatable bonds is 7. The number of carbonyl (C=O) groups is 2. The summed E-state index contributed by atoms with van der Waals surface area (Å²) in [4.78, 5) is 29.1. The molecule has 5 rings (SSSR count). The van der Waals surface area contributed by atoms with Crippen molar-refractivity contribution in [1.82, 2.24) is 14.4 Å². The molecule has 1 aromatic heterocycles. The lowest BCUT2D eigenvalue weighted by molar-refractivity contribution is -0.137.